The van der Waals surface area contributed by atoms with Gasteiger partial charge in [0.15, 0.2) is 0 Å². The van der Waals surface area contributed by atoms with Crippen LogP contribution in [0.15, 0.2) is 78.9 Å². The summed E-state index contributed by atoms with van der Waals surface area (Å²) in [5.41, 5.74) is 1.57. The molecular weight excluding hydrogens is 567 g/mol. The maximum absolute atomic E-state index is 13.8. The van der Waals surface area contributed by atoms with Gasteiger partial charge in [0.25, 0.3) is 0 Å². The van der Waals surface area contributed by atoms with Crippen LogP contribution < -0.4 is 9.62 Å². The largest absolute Gasteiger partial charge is 0.416 e. The van der Waals surface area contributed by atoms with Crippen molar-refractivity contribution in [3.05, 3.63) is 101 Å². The third-order valence-electron chi connectivity index (χ3n) is 6.67. The van der Waals surface area contributed by atoms with Crippen molar-refractivity contribution in [1.82, 2.24) is 10.2 Å². The Bertz CT molecular complexity index is 1460. The smallest absolute Gasteiger partial charge is 0.355 e. The molecule has 2 amide bonds. The van der Waals surface area contributed by atoms with E-state index in [-0.39, 0.29) is 49.9 Å². The molecule has 0 bridgehead atoms. The van der Waals surface area contributed by atoms with E-state index in [0.29, 0.717) is 6.54 Å². The molecule has 0 aliphatic carbocycles. The van der Waals surface area contributed by atoms with E-state index in [4.69, 9.17) is 0 Å². The van der Waals surface area contributed by atoms with Gasteiger partial charge in [-0.1, -0.05) is 66.2 Å². The normalized spacial score (nSPS) is 12.4. The number of aryl methyl sites for hydroxylation is 1. The number of rotatable bonds is 13. The second-order valence-electron chi connectivity index (χ2n) is 10.1. The number of sulfonamides is 1. The maximum atomic E-state index is 13.8. The molecule has 0 saturated carbocycles. The van der Waals surface area contributed by atoms with Crippen molar-refractivity contribution in [2.24, 2.45) is 0 Å². The van der Waals surface area contributed by atoms with E-state index < -0.39 is 27.8 Å². The summed E-state index contributed by atoms with van der Waals surface area (Å²) in [6.07, 6.45) is -3.56. The molecule has 0 spiro atoms. The van der Waals surface area contributed by atoms with Crippen LogP contribution in [0, 0.1) is 6.92 Å². The van der Waals surface area contributed by atoms with Crippen molar-refractivity contribution in [2.45, 2.75) is 51.9 Å². The highest BCUT2D eigenvalue weighted by Crippen LogP contribution is 2.32. The van der Waals surface area contributed by atoms with E-state index in [0.717, 1.165) is 45.5 Å². The molecule has 0 aromatic heterocycles. The molecule has 0 radical (unpaired) electrons. The minimum atomic E-state index is -4.64. The third-order valence-corrected chi connectivity index (χ3v) is 7.87. The number of nitrogens with one attached hydrogen (secondary N) is 1. The van der Waals surface area contributed by atoms with Crippen molar-refractivity contribution in [2.75, 3.05) is 23.7 Å². The van der Waals surface area contributed by atoms with E-state index in [9.17, 15) is 31.2 Å². The number of hydrogen-bond acceptors (Lipinski definition) is 4. The van der Waals surface area contributed by atoms with Crippen LogP contribution in [0.1, 0.15) is 42.0 Å². The van der Waals surface area contributed by atoms with Crippen LogP contribution in [0.5, 0.6) is 0 Å². The molecule has 226 valence electrons. The van der Waals surface area contributed by atoms with Crippen LogP contribution in [-0.2, 0) is 38.8 Å². The Morgan fingerprint density at radius 2 is 1.60 bits per heavy atom. The fraction of sp³-hybridized carbons (Fsp3) is 0.355. The highest BCUT2D eigenvalue weighted by atomic mass is 32.2. The number of alkyl halides is 3. The lowest BCUT2D eigenvalue weighted by atomic mass is 10.0. The number of hydrogen-bond donors (Lipinski definition) is 1. The molecule has 11 heteroatoms. The van der Waals surface area contributed by atoms with Crippen LogP contribution in [0.3, 0.4) is 0 Å². The number of halogens is 3. The van der Waals surface area contributed by atoms with Crippen molar-refractivity contribution in [3.8, 4) is 0 Å². The van der Waals surface area contributed by atoms with Gasteiger partial charge in [0, 0.05) is 32.5 Å². The number of amides is 2. The molecule has 1 N–H and O–H groups in total. The average molecular weight is 604 g/mol. The molecule has 0 heterocycles. The number of carbonyl (C=O) groups is 2. The monoisotopic (exact) mass is 603 g/mol. The third kappa shape index (κ3) is 9.34. The Labute approximate surface area is 245 Å². The first-order valence-electron chi connectivity index (χ1n) is 13.6. The molecule has 0 unspecified atom stereocenters. The molecule has 42 heavy (non-hydrogen) atoms. The summed E-state index contributed by atoms with van der Waals surface area (Å²) in [6.45, 7) is 4.02. The molecule has 0 aliphatic heterocycles. The Morgan fingerprint density at radius 1 is 0.929 bits per heavy atom. The summed E-state index contributed by atoms with van der Waals surface area (Å²) in [6, 6.07) is 20.1. The molecule has 0 fully saturated rings. The van der Waals surface area contributed by atoms with Gasteiger partial charge >= 0.3 is 6.18 Å². The van der Waals surface area contributed by atoms with Gasteiger partial charge in [-0.25, -0.2) is 8.42 Å². The molecule has 0 aliphatic rings. The number of benzene rings is 3. The van der Waals surface area contributed by atoms with Crippen molar-refractivity contribution >= 4 is 27.5 Å². The first-order chi connectivity index (χ1) is 19.8. The SMILES string of the molecule is CCNC(=O)[C@@H](Cc1ccccc1)N(Cc1cccc(C)c1)C(=O)CCCN(c1cccc(C(F)(F)F)c1)S(C)(=O)=O. The van der Waals surface area contributed by atoms with Crippen LogP contribution in [-0.4, -0.2) is 50.5 Å². The fourth-order valence-electron chi connectivity index (χ4n) is 4.69. The summed E-state index contributed by atoms with van der Waals surface area (Å²) in [4.78, 5) is 28.5. The predicted octanol–water partition coefficient (Wildman–Crippen LogP) is 5.34. The quantitative estimate of drug-likeness (QED) is 0.286. The van der Waals surface area contributed by atoms with E-state index in [1.807, 2.05) is 61.5 Å². The lowest BCUT2D eigenvalue weighted by Gasteiger charge is -2.32. The van der Waals surface area contributed by atoms with Gasteiger partial charge in [-0.15, -0.1) is 0 Å². The lowest BCUT2D eigenvalue weighted by Crippen LogP contribution is -2.50. The summed E-state index contributed by atoms with van der Waals surface area (Å²) < 4.78 is 65.8. The zero-order valence-corrected chi connectivity index (χ0v) is 24.7. The first-order valence-corrected chi connectivity index (χ1v) is 15.5. The number of nitrogens with zero attached hydrogens (tertiary/aromatic N) is 2. The second-order valence-corrected chi connectivity index (χ2v) is 12.0. The summed E-state index contributed by atoms with van der Waals surface area (Å²) >= 11 is 0. The topological polar surface area (TPSA) is 86.8 Å². The van der Waals surface area contributed by atoms with Gasteiger partial charge < -0.3 is 10.2 Å². The first kappa shape index (κ1) is 32.7. The van der Waals surface area contributed by atoms with Gasteiger partial charge in [-0.2, -0.15) is 13.2 Å². The van der Waals surface area contributed by atoms with E-state index >= 15 is 0 Å². The molecule has 3 aromatic carbocycles. The van der Waals surface area contributed by atoms with Crippen molar-refractivity contribution in [1.29, 1.82) is 0 Å². The molecular formula is C31H36F3N3O4S. The number of carbonyl (C=O) groups excluding carboxylic acids is 2. The zero-order valence-electron chi connectivity index (χ0n) is 23.9. The predicted molar refractivity (Wildman–Crippen MR) is 157 cm³/mol. The highest BCUT2D eigenvalue weighted by molar-refractivity contribution is 7.92. The van der Waals surface area contributed by atoms with Crippen LogP contribution in [0.2, 0.25) is 0 Å². The summed E-state index contributed by atoms with van der Waals surface area (Å²) in [5, 5.41) is 2.82. The average Bonchev–Trinajstić information content (AvgIpc) is 2.92. The van der Waals surface area contributed by atoms with Crippen LogP contribution in [0.25, 0.3) is 0 Å². The van der Waals surface area contributed by atoms with E-state index in [1.165, 1.54) is 11.0 Å². The molecule has 7 nitrogen and oxygen atoms in total. The molecule has 3 aromatic rings. The minimum Gasteiger partial charge on any atom is -0.355 e. The molecule has 1 atom stereocenters. The molecule has 0 saturated heterocycles. The standard InChI is InChI=1S/C31H36F3N3O4S/c1-4-35-30(39)28(20-24-12-6-5-7-13-24)36(22-25-14-8-11-23(2)19-25)29(38)17-10-18-37(42(3,40)41)27-16-9-15-26(21-27)31(32,33)34/h5-9,11-16,19,21,28H,4,10,17-18,20,22H2,1-3H3,(H,35,39)/t28-/m1/s1. The minimum absolute atomic E-state index is 0.0277. The Kier molecular flexibility index (Phi) is 11.2. The zero-order chi connectivity index (χ0) is 30.9. The summed E-state index contributed by atoms with van der Waals surface area (Å²) in [7, 11) is -3.95. The Balaban J connectivity index is 1.88. The highest BCUT2D eigenvalue weighted by Gasteiger charge is 2.32. The number of anilines is 1. The van der Waals surface area contributed by atoms with Gasteiger partial charge in [0.1, 0.15) is 6.04 Å². The Morgan fingerprint density at radius 3 is 2.21 bits per heavy atom. The van der Waals surface area contributed by atoms with Crippen molar-refractivity contribution in [3.63, 3.8) is 0 Å². The Hall–Kier alpha value is -3.86. The van der Waals surface area contributed by atoms with Gasteiger partial charge in [-0.05, 0) is 49.6 Å². The van der Waals surface area contributed by atoms with Gasteiger partial charge in [0.2, 0.25) is 21.8 Å². The van der Waals surface area contributed by atoms with E-state index in [2.05, 4.69) is 5.32 Å². The van der Waals surface area contributed by atoms with Crippen molar-refractivity contribution < 1.29 is 31.2 Å². The number of likely N-dealkylation sites (N-methyl/N-ethyl adjacent to an activating group) is 1. The summed E-state index contributed by atoms with van der Waals surface area (Å²) in [5.74, 6) is -0.690. The van der Waals surface area contributed by atoms with Crippen LogP contribution in [0.4, 0.5) is 18.9 Å². The fourth-order valence-corrected chi connectivity index (χ4v) is 5.65. The van der Waals surface area contributed by atoms with E-state index in [1.54, 1.807) is 6.92 Å². The van der Waals surface area contributed by atoms with Gasteiger partial charge in [0.05, 0.1) is 17.5 Å². The lowest BCUT2D eigenvalue weighted by molar-refractivity contribution is -0.141. The second kappa shape index (κ2) is 14.4. The van der Waals surface area contributed by atoms with Gasteiger partial charge in [-0.3, -0.25) is 13.9 Å². The molecule has 3 rings (SSSR count). The van der Waals surface area contributed by atoms with Crippen LogP contribution >= 0.6 is 0 Å². The maximum Gasteiger partial charge on any atom is 0.416 e.